The third-order valence-electron chi connectivity index (χ3n) is 11.8. The number of carbonyl (C=O) groups is 2. The Bertz CT molecular complexity index is 834. The second-order valence-corrected chi connectivity index (χ2v) is 14.1. The summed E-state index contributed by atoms with van der Waals surface area (Å²) in [5, 5.41) is 0. The lowest BCUT2D eigenvalue weighted by molar-refractivity contribution is -0.163. The van der Waals surface area contributed by atoms with Gasteiger partial charge in [0.1, 0.15) is 12.1 Å². The summed E-state index contributed by atoms with van der Waals surface area (Å²) in [6, 6.07) is 0. The highest BCUT2D eigenvalue weighted by Gasteiger charge is 2.64. The van der Waals surface area contributed by atoms with Crippen LogP contribution in [0.4, 0.5) is 0 Å². The Kier molecular flexibility index (Phi) is 4.64. The number of ketones is 1. The fourth-order valence-electron chi connectivity index (χ4n) is 10.0. The van der Waals surface area contributed by atoms with Crippen molar-refractivity contribution in [1.82, 2.24) is 0 Å². The molecule has 0 radical (unpaired) electrons. The molecule has 0 aromatic carbocycles. The maximum absolute atomic E-state index is 12.8. The fourth-order valence-corrected chi connectivity index (χ4v) is 10.0. The molecule has 0 saturated heterocycles. The molecule has 0 spiro atoms. The van der Waals surface area contributed by atoms with Gasteiger partial charge in [-0.05, 0) is 97.7 Å². The van der Waals surface area contributed by atoms with Crippen LogP contribution in [-0.4, -0.2) is 12.1 Å². The number of allylic oxidation sites excluding steroid dienone is 2. The molecule has 0 N–H and O–H groups in total. The van der Waals surface area contributed by atoms with Crippen LogP contribution in [0.15, 0.2) is 11.6 Å². The van der Waals surface area contributed by atoms with Crippen molar-refractivity contribution >= 4 is 12.1 Å². The molecule has 0 bridgehead atoms. The third kappa shape index (κ3) is 2.81. The molecule has 0 unspecified atom stereocenters. The van der Waals surface area contributed by atoms with Crippen molar-refractivity contribution in [3.63, 3.8) is 0 Å². The standard InChI is InChI=1S/C29H44O2/c1-25(2)15-16-29(18-30)14-9-20-19(21(29)17-25)7-8-23-27(20,5)12-10-22-26(3,4)24(31)11-13-28(22,23)6/h9,18-19,21-23H,7-8,10-17H2,1-6H3/t19-,21+,22+,23+,27+,28+,29+/m1/s1. The average molecular weight is 425 g/mol. The molecule has 5 aliphatic carbocycles. The Balaban J connectivity index is 1.54. The van der Waals surface area contributed by atoms with Crippen LogP contribution < -0.4 is 0 Å². The van der Waals surface area contributed by atoms with Gasteiger partial charge in [-0.3, -0.25) is 4.79 Å². The van der Waals surface area contributed by atoms with Gasteiger partial charge in [-0.25, -0.2) is 0 Å². The summed E-state index contributed by atoms with van der Waals surface area (Å²) in [6.07, 6.45) is 15.1. The summed E-state index contributed by atoms with van der Waals surface area (Å²) in [6.45, 7) is 14.4. The molecule has 0 heterocycles. The van der Waals surface area contributed by atoms with Gasteiger partial charge >= 0.3 is 0 Å². The van der Waals surface area contributed by atoms with Crippen molar-refractivity contribution in [2.75, 3.05) is 0 Å². The van der Waals surface area contributed by atoms with Crippen molar-refractivity contribution < 1.29 is 9.59 Å². The van der Waals surface area contributed by atoms with Gasteiger partial charge in [0.15, 0.2) is 0 Å². The second-order valence-electron chi connectivity index (χ2n) is 14.1. The zero-order chi connectivity index (χ0) is 22.4. The van der Waals surface area contributed by atoms with Crippen molar-refractivity contribution in [1.29, 1.82) is 0 Å². The molecule has 4 fully saturated rings. The summed E-state index contributed by atoms with van der Waals surface area (Å²) in [7, 11) is 0. The third-order valence-corrected chi connectivity index (χ3v) is 11.8. The summed E-state index contributed by atoms with van der Waals surface area (Å²) in [5.74, 6) is 2.81. The minimum Gasteiger partial charge on any atom is -0.303 e. The first-order valence-electron chi connectivity index (χ1n) is 13.1. The maximum atomic E-state index is 12.8. The van der Waals surface area contributed by atoms with E-state index in [9.17, 15) is 9.59 Å². The van der Waals surface area contributed by atoms with E-state index in [1.165, 1.54) is 44.8 Å². The largest absolute Gasteiger partial charge is 0.303 e. The highest BCUT2D eigenvalue weighted by Crippen LogP contribution is 2.71. The molecule has 0 amide bonds. The molecule has 7 atom stereocenters. The first-order valence-corrected chi connectivity index (χ1v) is 13.1. The summed E-state index contributed by atoms with van der Waals surface area (Å²) in [5.41, 5.74) is 2.31. The van der Waals surface area contributed by atoms with E-state index in [0.29, 0.717) is 34.9 Å². The number of hydrogen-bond acceptors (Lipinski definition) is 2. The lowest BCUT2D eigenvalue weighted by Crippen LogP contribution is -2.60. The molecule has 0 aliphatic heterocycles. The number of aldehydes is 1. The summed E-state index contributed by atoms with van der Waals surface area (Å²) in [4.78, 5) is 25.3. The normalized spacial score (nSPS) is 50.3. The topological polar surface area (TPSA) is 34.1 Å². The van der Waals surface area contributed by atoms with E-state index < -0.39 is 0 Å². The molecular formula is C29H44O2. The lowest BCUT2D eigenvalue weighted by Gasteiger charge is -2.67. The minimum absolute atomic E-state index is 0.104. The van der Waals surface area contributed by atoms with Crippen LogP contribution in [0.2, 0.25) is 0 Å². The van der Waals surface area contributed by atoms with E-state index in [-0.39, 0.29) is 21.7 Å². The highest BCUT2D eigenvalue weighted by molar-refractivity contribution is 5.85. The van der Waals surface area contributed by atoms with E-state index in [1.54, 1.807) is 5.57 Å². The minimum atomic E-state index is -0.174. The molecule has 5 aliphatic rings. The summed E-state index contributed by atoms with van der Waals surface area (Å²) < 4.78 is 0. The molecule has 0 aromatic heterocycles. The molecule has 5 rings (SSSR count). The van der Waals surface area contributed by atoms with E-state index in [2.05, 4.69) is 47.6 Å². The molecule has 4 saturated carbocycles. The van der Waals surface area contributed by atoms with Crippen LogP contribution in [0.5, 0.6) is 0 Å². The Labute approximate surface area is 190 Å². The zero-order valence-corrected chi connectivity index (χ0v) is 20.9. The van der Waals surface area contributed by atoms with Crippen LogP contribution in [0, 0.1) is 50.7 Å². The van der Waals surface area contributed by atoms with Crippen molar-refractivity contribution in [2.45, 2.75) is 106 Å². The quantitative estimate of drug-likeness (QED) is 0.330. The number of carbonyl (C=O) groups excluding carboxylic acids is 2. The zero-order valence-electron chi connectivity index (χ0n) is 20.9. The Hall–Kier alpha value is -0.920. The fraction of sp³-hybridized carbons (Fsp3) is 0.862. The van der Waals surface area contributed by atoms with Crippen LogP contribution in [0.25, 0.3) is 0 Å². The lowest BCUT2D eigenvalue weighted by atomic mass is 9.37. The highest BCUT2D eigenvalue weighted by atomic mass is 16.1. The molecule has 172 valence electrons. The Morgan fingerprint density at radius 3 is 2.35 bits per heavy atom. The summed E-state index contributed by atoms with van der Waals surface area (Å²) >= 11 is 0. The van der Waals surface area contributed by atoms with Crippen LogP contribution >= 0.6 is 0 Å². The van der Waals surface area contributed by atoms with Gasteiger partial charge in [-0.1, -0.05) is 53.2 Å². The van der Waals surface area contributed by atoms with Gasteiger partial charge in [0.05, 0.1) is 0 Å². The average Bonchev–Trinajstić information content (AvgIpc) is 2.70. The number of fused-ring (bicyclic) bond motifs is 7. The van der Waals surface area contributed by atoms with E-state index in [4.69, 9.17) is 0 Å². The molecule has 2 nitrogen and oxygen atoms in total. The molecule has 2 heteroatoms. The van der Waals surface area contributed by atoms with Gasteiger partial charge in [0.2, 0.25) is 0 Å². The predicted molar refractivity (Wildman–Crippen MR) is 125 cm³/mol. The number of Topliss-reactive ketones (excluding diaryl/α,β-unsaturated/α-hetero) is 1. The first kappa shape index (κ1) is 21.9. The van der Waals surface area contributed by atoms with Gasteiger partial charge in [0.25, 0.3) is 0 Å². The van der Waals surface area contributed by atoms with Gasteiger partial charge in [-0.15, -0.1) is 0 Å². The second kappa shape index (κ2) is 6.57. The van der Waals surface area contributed by atoms with Gasteiger partial charge in [0, 0.05) is 17.3 Å². The number of hydrogen-bond donors (Lipinski definition) is 0. The van der Waals surface area contributed by atoms with Gasteiger partial charge < -0.3 is 4.79 Å². The van der Waals surface area contributed by atoms with E-state index >= 15 is 0 Å². The molecule has 0 aromatic rings. The Morgan fingerprint density at radius 1 is 0.903 bits per heavy atom. The Morgan fingerprint density at radius 2 is 1.65 bits per heavy atom. The predicted octanol–water partition coefficient (Wildman–Crippen LogP) is 7.17. The first-order chi connectivity index (χ1) is 14.4. The van der Waals surface area contributed by atoms with Crippen LogP contribution in [0.3, 0.4) is 0 Å². The SMILES string of the molecule is CC1(C)CC[C@]2(C=O)CC=C3[C@@H](CC[C@@H]4[C@@]5(C)CCC(=O)C(C)(C)[C@@H]5CC[C@@]34C)[C@@H]2C1. The van der Waals surface area contributed by atoms with Crippen molar-refractivity contribution in [3.05, 3.63) is 11.6 Å². The van der Waals surface area contributed by atoms with E-state index in [1.807, 2.05) is 0 Å². The van der Waals surface area contributed by atoms with Crippen LogP contribution in [-0.2, 0) is 9.59 Å². The molecular weight excluding hydrogens is 380 g/mol. The maximum Gasteiger partial charge on any atom is 0.138 e. The van der Waals surface area contributed by atoms with Gasteiger partial charge in [-0.2, -0.15) is 0 Å². The molecule has 31 heavy (non-hydrogen) atoms. The smallest absolute Gasteiger partial charge is 0.138 e. The van der Waals surface area contributed by atoms with Crippen LogP contribution in [0.1, 0.15) is 106 Å². The van der Waals surface area contributed by atoms with Crippen molar-refractivity contribution in [2.24, 2.45) is 50.7 Å². The monoisotopic (exact) mass is 424 g/mol. The van der Waals surface area contributed by atoms with Crippen molar-refractivity contribution in [3.8, 4) is 0 Å². The number of rotatable bonds is 1. The van der Waals surface area contributed by atoms with E-state index in [0.717, 1.165) is 25.7 Å².